The lowest BCUT2D eigenvalue weighted by Gasteiger charge is -2.05. The molecule has 102 valence electrons. The Bertz CT molecular complexity index is 594. The standard InChI is InChI=1S/C12H16N4O3/c1-8-6-9(2)16-11(14-8)10(7-13-16)12(17)15-19-5-4-18-3/h6-7H,4-5H2,1-3H3,(H,15,17). The average molecular weight is 264 g/mol. The van der Waals surface area contributed by atoms with Crippen molar-refractivity contribution in [1.82, 2.24) is 20.1 Å². The van der Waals surface area contributed by atoms with Gasteiger partial charge >= 0.3 is 0 Å². The minimum Gasteiger partial charge on any atom is -0.382 e. The Hall–Kier alpha value is -1.99. The highest BCUT2D eigenvalue weighted by atomic mass is 16.7. The predicted octanol–water partition coefficient (Wildman–Crippen LogP) is 0.654. The number of rotatable bonds is 5. The van der Waals surface area contributed by atoms with Crippen molar-refractivity contribution in [3.63, 3.8) is 0 Å². The molecular weight excluding hydrogens is 248 g/mol. The van der Waals surface area contributed by atoms with Crippen LogP contribution in [0.5, 0.6) is 0 Å². The summed E-state index contributed by atoms with van der Waals surface area (Å²) in [6.07, 6.45) is 1.48. The van der Waals surface area contributed by atoms with Crippen LogP contribution in [0.2, 0.25) is 0 Å². The quantitative estimate of drug-likeness (QED) is 0.634. The number of carbonyl (C=O) groups excluding carboxylic acids is 1. The van der Waals surface area contributed by atoms with E-state index in [9.17, 15) is 4.79 Å². The van der Waals surface area contributed by atoms with Crippen molar-refractivity contribution >= 4 is 11.6 Å². The average Bonchev–Trinajstić information content (AvgIpc) is 2.78. The van der Waals surface area contributed by atoms with E-state index < -0.39 is 0 Å². The van der Waals surface area contributed by atoms with Crippen LogP contribution in [0.1, 0.15) is 21.7 Å². The van der Waals surface area contributed by atoms with E-state index in [0.717, 1.165) is 11.4 Å². The fourth-order valence-electron chi connectivity index (χ4n) is 1.73. The third kappa shape index (κ3) is 2.88. The van der Waals surface area contributed by atoms with E-state index in [1.54, 1.807) is 11.6 Å². The molecule has 19 heavy (non-hydrogen) atoms. The van der Waals surface area contributed by atoms with E-state index >= 15 is 0 Å². The van der Waals surface area contributed by atoms with Gasteiger partial charge < -0.3 is 4.74 Å². The Balaban J connectivity index is 2.18. The number of carbonyl (C=O) groups is 1. The van der Waals surface area contributed by atoms with Crippen LogP contribution in [-0.2, 0) is 9.57 Å². The van der Waals surface area contributed by atoms with Gasteiger partial charge in [0, 0.05) is 18.5 Å². The highest BCUT2D eigenvalue weighted by Crippen LogP contribution is 2.11. The molecule has 0 unspecified atom stereocenters. The van der Waals surface area contributed by atoms with Gasteiger partial charge in [-0.2, -0.15) is 5.10 Å². The van der Waals surface area contributed by atoms with E-state index in [4.69, 9.17) is 9.57 Å². The monoisotopic (exact) mass is 264 g/mol. The molecule has 0 aliphatic heterocycles. The van der Waals surface area contributed by atoms with Crippen LogP contribution in [-0.4, -0.2) is 40.8 Å². The minimum atomic E-state index is -0.372. The second kappa shape index (κ2) is 5.77. The molecule has 0 saturated heterocycles. The molecule has 0 aliphatic carbocycles. The lowest BCUT2D eigenvalue weighted by molar-refractivity contribution is 0.00898. The first-order chi connectivity index (χ1) is 9.13. The van der Waals surface area contributed by atoms with Crippen molar-refractivity contribution in [2.24, 2.45) is 0 Å². The zero-order chi connectivity index (χ0) is 13.8. The SMILES string of the molecule is COCCONC(=O)c1cnn2c(C)cc(C)nc12. The Morgan fingerprint density at radius 1 is 1.42 bits per heavy atom. The van der Waals surface area contributed by atoms with Gasteiger partial charge in [-0.25, -0.2) is 15.0 Å². The van der Waals surface area contributed by atoms with E-state index in [1.165, 1.54) is 6.20 Å². The molecule has 2 aromatic heterocycles. The summed E-state index contributed by atoms with van der Waals surface area (Å²) in [5.74, 6) is -0.372. The number of nitrogens with zero attached hydrogens (tertiary/aromatic N) is 3. The number of methoxy groups -OCH3 is 1. The molecular formula is C12H16N4O3. The molecule has 0 saturated carbocycles. The van der Waals surface area contributed by atoms with E-state index in [1.807, 2.05) is 19.9 Å². The fraction of sp³-hybridized carbons (Fsp3) is 0.417. The van der Waals surface area contributed by atoms with Crippen molar-refractivity contribution in [2.45, 2.75) is 13.8 Å². The van der Waals surface area contributed by atoms with Gasteiger partial charge in [-0.05, 0) is 19.9 Å². The molecule has 0 spiro atoms. The maximum absolute atomic E-state index is 11.9. The van der Waals surface area contributed by atoms with Crippen molar-refractivity contribution in [3.8, 4) is 0 Å². The molecule has 2 heterocycles. The summed E-state index contributed by atoms with van der Waals surface area (Å²) in [4.78, 5) is 21.2. The van der Waals surface area contributed by atoms with Crippen molar-refractivity contribution in [2.75, 3.05) is 20.3 Å². The molecule has 1 amide bonds. The summed E-state index contributed by atoms with van der Waals surface area (Å²) in [6.45, 7) is 4.47. The molecule has 0 atom stereocenters. The molecule has 0 fully saturated rings. The molecule has 0 radical (unpaired) electrons. The van der Waals surface area contributed by atoms with Crippen LogP contribution in [0, 0.1) is 13.8 Å². The normalized spacial score (nSPS) is 10.9. The van der Waals surface area contributed by atoms with Crippen molar-refractivity contribution < 1.29 is 14.4 Å². The molecule has 7 heteroatoms. The Morgan fingerprint density at radius 2 is 2.21 bits per heavy atom. The van der Waals surface area contributed by atoms with Gasteiger partial charge in [-0.1, -0.05) is 0 Å². The first kappa shape index (κ1) is 13.4. The highest BCUT2D eigenvalue weighted by molar-refractivity contribution is 5.99. The minimum absolute atomic E-state index is 0.285. The predicted molar refractivity (Wildman–Crippen MR) is 67.8 cm³/mol. The van der Waals surface area contributed by atoms with Crippen LogP contribution in [0.15, 0.2) is 12.3 Å². The number of hydrogen-bond acceptors (Lipinski definition) is 5. The number of ether oxygens (including phenoxy) is 1. The number of hydroxylamine groups is 1. The summed E-state index contributed by atoms with van der Waals surface area (Å²) in [5, 5.41) is 4.14. The van der Waals surface area contributed by atoms with Crippen LogP contribution in [0.25, 0.3) is 5.65 Å². The van der Waals surface area contributed by atoms with Gasteiger partial charge in [0.25, 0.3) is 5.91 Å². The third-order valence-electron chi connectivity index (χ3n) is 2.58. The number of amides is 1. The number of nitrogens with one attached hydrogen (secondary N) is 1. The maximum Gasteiger partial charge on any atom is 0.280 e. The lowest BCUT2D eigenvalue weighted by atomic mass is 10.3. The zero-order valence-corrected chi connectivity index (χ0v) is 11.1. The molecule has 7 nitrogen and oxygen atoms in total. The molecule has 1 N–H and O–H groups in total. The van der Waals surface area contributed by atoms with E-state index in [2.05, 4.69) is 15.6 Å². The number of aromatic nitrogens is 3. The summed E-state index contributed by atoms with van der Waals surface area (Å²) in [5.41, 5.74) is 4.99. The van der Waals surface area contributed by atoms with Gasteiger partial charge in [0.15, 0.2) is 5.65 Å². The maximum atomic E-state index is 11.9. The summed E-state index contributed by atoms with van der Waals surface area (Å²) >= 11 is 0. The molecule has 0 aliphatic rings. The van der Waals surface area contributed by atoms with E-state index in [0.29, 0.717) is 17.8 Å². The second-order valence-corrected chi connectivity index (χ2v) is 4.11. The van der Waals surface area contributed by atoms with Gasteiger partial charge in [0.1, 0.15) is 5.56 Å². The fourth-order valence-corrected chi connectivity index (χ4v) is 1.73. The van der Waals surface area contributed by atoms with Gasteiger partial charge in [0.2, 0.25) is 0 Å². The summed E-state index contributed by atoms with van der Waals surface area (Å²) in [7, 11) is 1.56. The van der Waals surface area contributed by atoms with Crippen LogP contribution in [0.4, 0.5) is 0 Å². The summed E-state index contributed by atoms with van der Waals surface area (Å²) < 4.78 is 6.43. The highest BCUT2D eigenvalue weighted by Gasteiger charge is 2.15. The van der Waals surface area contributed by atoms with Gasteiger partial charge in [0.05, 0.1) is 19.4 Å². The number of aryl methyl sites for hydroxylation is 2. The first-order valence-corrected chi connectivity index (χ1v) is 5.86. The molecule has 0 bridgehead atoms. The lowest BCUT2D eigenvalue weighted by Crippen LogP contribution is -2.25. The molecule has 2 rings (SSSR count). The second-order valence-electron chi connectivity index (χ2n) is 4.11. The molecule has 2 aromatic rings. The van der Waals surface area contributed by atoms with E-state index in [-0.39, 0.29) is 12.5 Å². The Kier molecular flexibility index (Phi) is 4.08. The smallest absolute Gasteiger partial charge is 0.280 e. The molecule has 0 aromatic carbocycles. The largest absolute Gasteiger partial charge is 0.382 e. The third-order valence-corrected chi connectivity index (χ3v) is 2.58. The Labute approximate surface area is 110 Å². The van der Waals surface area contributed by atoms with Crippen LogP contribution < -0.4 is 5.48 Å². The Morgan fingerprint density at radius 3 is 2.95 bits per heavy atom. The van der Waals surface area contributed by atoms with Gasteiger partial charge in [-0.15, -0.1) is 0 Å². The number of fused-ring (bicyclic) bond motifs is 1. The van der Waals surface area contributed by atoms with Crippen LogP contribution >= 0.6 is 0 Å². The zero-order valence-electron chi connectivity index (χ0n) is 11.1. The first-order valence-electron chi connectivity index (χ1n) is 5.86. The van der Waals surface area contributed by atoms with Crippen molar-refractivity contribution in [1.29, 1.82) is 0 Å². The summed E-state index contributed by atoms with van der Waals surface area (Å²) in [6, 6.07) is 1.90. The number of hydrogen-bond donors (Lipinski definition) is 1. The topological polar surface area (TPSA) is 77.8 Å². The van der Waals surface area contributed by atoms with Crippen molar-refractivity contribution in [3.05, 3.63) is 29.2 Å². The van der Waals surface area contributed by atoms with Crippen LogP contribution in [0.3, 0.4) is 0 Å². The van der Waals surface area contributed by atoms with Gasteiger partial charge in [-0.3, -0.25) is 9.63 Å².